The molecule has 0 saturated carbocycles. The fraction of sp³-hybridized carbons (Fsp3) is 0.364. The lowest BCUT2D eigenvalue weighted by Gasteiger charge is -2.20. The molecule has 0 saturated heterocycles. The molecule has 6 heteroatoms. The molecule has 0 radical (unpaired) electrons. The average molecular weight is 233 g/mol. The highest BCUT2D eigenvalue weighted by Gasteiger charge is 2.21. The number of aromatic nitrogens is 1. The summed E-state index contributed by atoms with van der Waals surface area (Å²) in [5.74, 6) is -0.176. The van der Waals surface area contributed by atoms with Crippen LogP contribution in [0.3, 0.4) is 0 Å². The molecule has 1 aromatic rings. The smallest absolute Gasteiger partial charge is 0.240 e. The number of hydrogen-bond donors (Lipinski definition) is 3. The second-order valence-electron chi connectivity index (χ2n) is 4.00. The van der Waals surface area contributed by atoms with Gasteiger partial charge in [-0.05, 0) is 12.0 Å². The lowest BCUT2D eigenvalue weighted by atomic mass is 10.0. The Kier molecular flexibility index (Phi) is 3.88. The van der Waals surface area contributed by atoms with Crippen molar-refractivity contribution >= 4 is 17.4 Å². The molecule has 90 valence electrons. The van der Waals surface area contributed by atoms with Crippen molar-refractivity contribution in [3.63, 3.8) is 0 Å². The van der Waals surface area contributed by atoms with Crippen LogP contribution in [0.1, 0.15) is 19.4 Å². The number of rotatable bonds is 4. The zero-order valence-corrected chi connectivity index (χ0v) is 9.77. The number of primary amides is 1. The maximum Gasteiger partial charge on any atom is 0.240 e. The van der Waals surface area contributed by atoms with Crippen LogP contribution in [0.4, 0.5) is 11.5 Å². The number of nitrogens with one attached hydrogen (secondary N) is 1. The van der Waals surface area contributed by atoms with Crippen LogP contribution in [0.25, 0.3) is 0 Å². The van der Waals surface area contributed by atoms with E-state index in [1.54, 1.807) is 0 Å². The van der Waals surface area contributed by atoms with Crippen molar-refractivity contribution in [1.82, 2.24) is 4.98 Å². The minimum atomic E-state index is -0.571. The Morgan fingerprint density at radius 2 is 2.24 bits per heavy atom. The highest BCUT2D eigenvalue weighted by Crippen LogP contribution is 2.21. The van der Waals surface area contributed by atoms with Crippen LogP contribution in [0.15, 0.2) is 12.3 Å². The Labute approximate surface area is 99.6 Å². The van der Waals surface area contributed by atoms with Crippen LogP contribution in [-0.4, -0.2) is 16.9 Å². The molecule has 5 N–H and O–H groups in total. The van der Waals surface area contributed by atoms with E-state index in [4.69, 9.17) is 16.7 Å². The number of nitrogens with zero attached hydrogens (tertiary/aromatic N) is 2. The van der Waals surface area contributed by atoms with Gasteiger partial charge in [-0.15, -0.1) is 0 Å². The molecule has 1 rings (SSSR count). The summed E-state index contributed by atoms with van der Waals surface area (Å²) in [6.45, 7) is 3.71. The Hall–Kier alpha value is -2.29. The van der Waals surface area contributed by atoms with E-state index in [0.29, 0.717) is 11.4 Å². The van der Waals surface area contributed by atoms with Gasteiger partial charge in [0.05, 0.1) is 11.3 Å². The standard InChI is InChI=1S/C11H15N5O/c1-6(2)9(10(14)17)16-11-8(13)7(5-12)3-4-15-11/h3-4,6,9H,13H2,1-2H3,(H2,14,17)(H,15,16). The first-order chi connectivity index (χ1) is 7.97. The highest BCUT2D eigenvalue weighted by atomic mass is 16.1. The number of anilines is 2. The van der Waals surface area contributed by atoms with E-state index < -0.39 is 11.9 Å². The first-order valence-electron chi connectivity index (χ1n) is 5.17. The van der Waals surface area contributed by atoms with E-state index in [2.05, 4.69) is 10.3 Å². The monoisotopic (exact) mass is 233 g/mol. The molecule has 0 bridgehead atoms. The van der Waals surface area contributed by atoms with Gasteiger partial charge >= 0.3 is 0 Å². The molecule has 6 nitrogen and oxygen atoms in total. The van der Waals surface area contributed by atoms with E-state index in [9.17, 15) is 4.79 Å². The molecule has 1 heterocycles. The van der Waals surface area contributed by atoms with E-state index in [-0.39, 0.29) is 11.6 Å². The van der Waals surface area contributed by atoms with E-state index >= 15 is 0 Å². The zero-order valence-electron chi connectivity index (χ0n) is 9.77. The van der Waals surface area contributed by atoms with Crippen LogP contribution in [-0.2, 0) is 4.79 Å². The van der Waals surface area contributed by atoms with Crippen LogP contribution in [0.5, 0.6) is 0 Å². The van der Waals surface area contributed by atoms with Gasteiger partial charge in [0.25, 0.3) is 0 Å². The van der Waals surface area contributed by atoms with Gasteiger partial charge in [0, 0.05) is 6.20 Å². The van der Waals surface area contributed by atoms with Gasteiger partial charge in [-0.1, -0.05) is 13.8 Å². The van der Waals surface area contributed by atoms with Gasteiger partial charge in [-0.3, -0.25) is 4.79 Å². The third-order valence-corrected chi connectivity index (χ3v) is 2.38. The summed E-state index contributed by atoms with van der Waals surface area (Å²) in [5.41, 5.74) is 11.6. The predicted molar refractivity (Wildman–Crippen MR) is 64.8 cm³/mol. The Bertz CT molecular complexity index is 463. The van der Waals surface area contributed by atoms with Crippen LogP contribution in [0.2, 0.25) is 0 Å². The van der Waals surface area contributed by atoms with Crippen LogP contribution < -0.4 is 16.8 Å². The second kappa shape index (κ2) is 5.16. The second-order valence-corrected chi connectivity index (χ2v) is 4.00. The molecule has 0 aromatic carbocycles. The fourth-order valence-corrected chi connectivity index (χ4v) is 1.40. The van der Waals surface area contributed by atoms with Gasteiger partial charge in [0.2, 0.25) is 5.91 Å². The summed E-state index contributed by atoms with van der Waals surface area (Å²) in [5, 5.41) is 11.7. The third kappa shape index (κ3) is 2.84. The molecule has 0 aliphatic rings. The van der Waals surface area contributed by atoms with E-state index in [1.807, 2.05) is 19.9 Å². The van der Waals surface area contributed by atoms with Crippen molar-refractivity contribution in [3.8, 4) is 6.07 Å². The molecule has 1 unspecified atom stereocenters. The van der Waals surface area contributed by atoms with E-state index in [0.717, 1.165) is 0 Å². The van der Waals surface area contributed by atoms with Crippen molar-refractivity contribution in [2.24, 2.45) is 11.7 Å². The Morgan fingerprint density at radius 1 is 1.59 bits per heavy atom. The number of nitriles is 1. The molecule has 0 aliphatic carbocycles. The Balaban J connectivity index is 3.03. The molecule has 0 aliphatic heterocycles. The fourth-order valence-electron chi connectivity index (χ4n) is 1.40. The number of carbonyl (C=O) groups is 1. The molecule has 17 heavy (non-hydrogen) atoms. The molecular weight excluding hydrogens is 218 g/mol. The number of nitrogens with two attached hydrogens (primary N) is 2. The number of hydrogen-bond acceptors (Lipinski definition) is 5. The predicted octanol–water partition coefficient (Wildman–Crippen LogP) is 0.457. The lowest BCUT2D eigenvalue weighted by molar-refractivity contribution is -0.119. The molecule has 1 amide bonds. The summed E-state index contributed by atoms with van der Waals surface area (Å²) in [4.78, 5) is 15.2. The third-order valence-electron chi connectivity index (χ3n) is 2.38. The topological polar surface area (TPSA) is 118 Å². The maximum absolute atomic E-state index is 11.2. The average Bonchev–Trinajstić information content (AvgIpc) is 2.26. The van der Waals surface area contributed by atoms with Gasteiger partial charge in [-0.2, -0.15) is 5.26 Å². The summed E-state index contributed by atoms with van der Waals surface area (Å²) in [6.07, 6.45) is 1.45. The zero-order chi connectivity index (χ0) is 13.0. The van der Waals surface area contributed by atoms with Crippen molar-refractivity contribution in [2.75, 3.05) is 11.1 Å². The van der Waals surface area contributed by atoms with E-state index in [1.165, 1.54) is 12.3 Å². The molecule has 1 aromatic heterocycles. The molecule has 0 spiro atoms. The number of nitrogen functional groups attached to an aromatic ring is 1. The van der Waals surface area contributed by atoms with Crippen LogP contribution >= 0.6 is 0 Å². The van der Waals surface area contributed by atoms with Crippen molar-refractivity contribution in [2.45, 2.75) is 19.9 Å². The number of amides is 1. The maximum atomic E-state index is 11.2. The van der Waals surface area contributed by atoms with Gasteiger partial charge in [0.15, 0.2) is 5.82 Å². The SMILES string of the molecule is CC(C)C(Nc1nccc(C#N)c1N)C(N)=O. The number of carbonyl (C=O) groups excluding carboxylic acids is 1. The Morgan fingerprint density at radius 3 is 2.71 bits per heavy atom. The van der Waals surface area contributed by atoms with Gasteiger partial charge < -0.3 is 16.8 Å². The normalized spacial score (nSPS) is 11.9. The first kappa shape index (κ1) is 12.8. The minimum absolute atomic E-state index is 0.000517. The minimum Gasteiger partial charge on any atom is -0.395 e. The molecular formula is C11H15N5O. The van der Waals surface area contributed by atoms with Gasteiger partial charge in [0.1, 0.15) is 12.1 Å². The van der Waals surface area contributed by atoms with Gasteiger partial charge in [-0.25, -0.2) is 4.98 Å². The largest absolute Gasteiger partial charge is 0.395 e. The van der Waals surface area contributed by atoms with Crippen molar-refractivity contribution in [1.29, 1.82) is 5.26 Å². The molecule has 1 atom stereocenters. The summed E-state index contributed by atoms with van der Waals surface area (Å²) >= 11 is 0. The number of pyridine rings is 1. The molecule has 0 fully saturated rings. The summed E-state index contributed by atoms with van der Waals surface area (Å²) in [7, 11) is 0. The summed E-state index contributed by atoms with van der Waals surface area (Å²) in [6, 6.07) is 2.88. The van der Waals surface area contributed by atoms with Crippen molar-refractivity contribution in [3.05, 3.63) is 17.8 Å². The highest BCUT2D eigenvalue weighted by molar-refractivity contribution is 5.84. The lowest BCUT2D eigenvalue weighted by Crippen LogP contribution is -2.40. The summed E-state index contributed by atoms with van der Waals surface area (Å²) < 4.78 is 0. The first-order valence-corrected chi connectivity index (χ1v) is 5.17. The van der Waals surface area contributed by atoms with Crippen molar-refractivity contribution < 1.29 is 4.79 Å². The quantitative estimate of drug-likeness (QED) is 0.698. The van der Waals surface area contributed by atoms with Crippen LogP contribution in [0, 0.1) is 17.2 Å².